The summed E-state index contributed by atoms with van der Waals surface area (Å²) >= 11 is 6.30. The highest BCUT2D eigenvalue weighted by Crippen LogP contribution is 2.28. The fraction of sp³-hybridized carbons (Fsp3) is 0.312. The molecule has 0 saturated carbocycles. The van der Waals surface area contributed by atoms with Crippen LogP contribution in [0.15, 0.2) is 30.3 Å². The Kier molecular flexibility index (Phi) is 4.03. The van der Waals surface area contributed by atoms with Crippen LogP contribution < -0.4 is 0 Å². The summed E-state index contributed by atoms with van der Waals surface area (Å²) in [5.74, 6) is 0. The Morgan fingerprint density at radius 1 is 1.33 bits per heavy atom. The molecular weight excluding hydrogens is 242 g/mol. The second-order valence-electron chi connectivity index (χ2n) is 4.54. The molecule has 1 nitrogen and oxygen atoms in total. The van der Waals surface area contributed by atoms with E-state index in [2.05, 4.69) is 43.1 Å². The van der Waals surface area contributed by atoms with Gasteiger partial charge in [0, 0.05) is 11.1 Å². The van der Waals surface area contributed by atoms with Gasteiger partial charge in [0.05, 0.1) is 10.5 Å². The van der Waals surface area contributed by atoms with Gasteiger partial charge < -0.3 is 0 Å². The number of allylic oxidation sites excluding steroid dienone is 2. The van der Waals surface area contributed by atoms with Gasteiger partial charge in [0.1, 0.15) is 0 Å². The van der Waals surface area contributed by atoms with E-state index in [9.17, 15) is 0 Å². The summed E-state index contributed by atoms with van der Waals surface area (Å²) in [4.78, 5) is 4.50. The SMILES string of the molecule is C/C=C(\CCC)c1ccc2nc(C)cc(Cl)c2c1. The van der Waals surface area contributed by atoms with Crippen molar-refractivity contribution < 1.29 is 0 Å². The maximum absolute atomic E-state index is 6.30. The molecule has 0 aliphatic carbocycles. The van der Waals surface area contributed by atoms with E-state index in [0.29, 0.717) is 0 Å². The van der Waals surface area contributed by atoms with Gasteiger partial charge in [-0.25, -0.2) is 0 Å². The Labute approximate surface area is 114 Å². The fourth-order valence-electron chi connectivity index (χ4n) is 2.23. The highest BCUT2D eigenvalue weighted by atomic mass is 35.5. The van der Waals surface area contributed by atoms with Crippen molar-refractivity contribution in [3.05, 3.63) is 46.6 Å². The minimum atomic E-state index is 0.784. The zero-order valence-corrected chi connectivity index (χ0v) is 11.9. The molecule has 0 bridgehead atoms. The molecule has 0 radical (unpaired) electrons. The van der Waals surface area contributed by atoms with Crippen LogP contribution in [-0.4, -0.2) is 4.98 Å². The summed E-state index contributed by atoms with van der Waals surface area (Å²) in [5, 5.41) is 1.82. The molecule has 1 aromatic carbocycles. The average Bonchev–Trinajstić information content (AvgIpc) is 2.35. The van der Waals surface area contributed by atoms with Gasteiger partial charge in [-0.3, -0.25) is 4.98 Å². The van der Waals surface area contributed by atoms with Crippen LogP contribution in [0.1, 0.15) is 37.9 Å². The highest BCUT2D eigenvalue weighted by Gasteiger charge is 2.05. The number of rotatable bonds is 3. The molecule has 2 rings (SSSR count). The van der Waals surface area contributed by atoms with Crippen LogP contribution in [0.25, 0.3) is 16.5 Å². The molecule has 0 fully saturated rings. The largest absolute Gasteiger partial charge is 0.253 e. The van der Waals surface area contributed by atoms with Crippen molar-refractivity contribution in [1.29, 1.82) is 0 Å². The number of hydrogen-bond acceptors (Lipinski definition) is 1. The van der Waals surface area contributed by atoms with Crippen molar-refractivity contribution in [2.75, 3.05) is 0 Å². The van der Waals surface area contributed by atoms with Gasteiger partial charge >= 0.3 is 0 Å². The lowest BCUT2D eigenvalue weighted by molar-refractivity contribution is 0.972. The Bertz CT molecular complexity index is 599. The first-order valence-corrected chi connectivity index (χ1v) is 6.76. The van der Waals surface area contributed by atoms with Crippen LogP contribution >= 0.6 is 11.6 Å². The van der Waals surface area contributed by atoms with E-state index >= 15 is 0 Å². The summed E-state index contributed by atoms with van der Waals surface area (Å²) in [6, 6.07) is 8.26. The van der Waals surface area contributed by atoms with Gasteiger partial charge in [-0.05, 0) is 49.6 Å². The number of pyridine rings is 1. The number of fused-ring (bicyclic) bond motifs is 1. The van der Waals surface area contributed by atoms with Crippen molar-refractivity contribution >= 4 is 28.1 Å². The first kappa shape index (κ1) is 13.1. The molecule has 94 valence electrons. The zero-order chi connectivity index (χ0) is 13.1. The van der Waals surface area contributed by atoms with Crippen LogP contribution in [0.2, 0.25) is 5.02 Å². The summed E-state index contributed by atoms with van der Waals surface area (Å²) in [6.45, 7) is 6.25. The number of halogens is 1. The quantitative estimate of drug-likeness (QED) is 0.719. The van der Waals surface area contributed by atoms with Crippen molar-refractivity contribution in [1.82, 2.24) is 4.98 Å². The monoisotopic (exact) mass is 259 g/mol. The second-order valence-corrected chi connectivity index (χ2v) is 4.95. The molecule has 0 aliphatic heterocycles. The highest BCUT2D eigenvalue weighted by molar-refractivity contribution is 6.35. The molecule has 18 heavy (non-hydrogen) atoms. The van der Waals surface area contributed by atoms with Gasteiger partial charge in [0.15, 0.2) is 0 Å². The van der Waals surface area contributed by atoms with Gasteiger partial charge in [-0.1, -0.05) is 37.1 Å². The Hall–Kier alpha value is -1.34. The topological polar surface area (TPSA) is 12.9 Å². The number of aryl methyl sites for hydroxylation is 1. The Morgan fingerprint density at radius 2 is 2.11 bits per heavy atom. The van der Waals surface area contributed by atoms with E-state index in [-0.39, 0.29) is 0 Å². The molecule has 1 aromatic heterocycles. The number of hydrogen-bond donors (Lipinski definition) is 0. The van der Waals surface area contributed by atoms with E-state index in [1.54, 1.807) is 0 Å². The molecule has 1 heterocycles. The molecule has 0 spiro atoms. The predicted molar refractivity (Wildman–Crippen MR) is 80.0 cm³/mol. The average molecular weight is 260 g/mol. The molecule has 0 amide bonds. The van der Waals surface area contributed by atoms with Gasteiger partial charge in [-0.15, -0.1) is 0 Å². The first-order valence-electron chi connectivity index (χ1n) is 6.38. The third kappa shape index (κ3) is 2.56. The van der Waals surface area contributed by atoms with Crippen LogP contribution in [0.5, 0.6) is 0 Å². The second kappa shape index (κ2) is 5.53. The molecule has 0 atom stereocenters. The molecule has 0 unspecified atom stereocenters. The predicted octanol–water partition coefficient (Wildman–Crippen LogP) is 5.40. The Morgan fingerprint density at radius 3 is 2.78 bits per heavy atom. The lowest BCUT2D eigenvalue weighted by atomic mass is 9.99. The number of nitrogens with zero attached hydrogens (tertiary/aromatic N) is 1. The summed E-state index contributed by atoms with van der Waals surface area (Å²) in [5.41, 5.74) is 4.55. The lowest BCUT2D eigenvalue weighted by Gasteiger charge is -2.08. The molecule has 0 aliphatic rings. The normalized spacial score (nSPS) is 12.1. The molecular formula is C16H18ClN. The minimum Gasteiger partial charge on any atom is -0.253 e. The van der Waals surface area contributed by atoms with E-state index in [1.165, 1.54) is 11.1 Å². The first-order chi connectivity index (χ1) is 8.65. The fourth-order valence-corrected chi connectivity index (χ4v) is 2.54. The Balaban J connectivity index is 2.56. The van der Waals surface area contributed by atoms with Crippen molar-refractivity contribution in [3.63, 3.8) is 0 Å². The summed E-state index contributed by atoms with van der Waals surface area (Å²) < 4.78 is 0. The molecule has 0 N–H and O–H groups in total. The van der Waals surface area contributed by atoms with Crippen LogP contribution in [0.3, 0.4) is 0 Å². The van der Waals surface area contributed by atoms with E-state index in [1.807, 2.05) is 13.0 Å². The van der Waals surface area contributed by atoms with Crippen molar-refractivity contribution in [3.8, 4) is 0 Å². The summed E-state index contributed by atoms with van der Waals surface area (Å²) in [6.07, 6.45) is 4.43. The van der Waals surface area contributed by atoms with Gasteiger partial charge in [0.25, 0.3) is 0 Å². The third-order valence-electron chi connectivity index (χ3n) is 3.12. The van der Waals surface area contributed by atoms with Crippen molar-refractivity contribution in [2.45, 2.75) is 33.6 Å². The van der Waals surface area contributed by atoms with E-state index in [4.69, 9.17) is 11.6 Å². The third-order valence-corrected chi connectivity index (χ3v) is 3.44. The lowest BCUT2D eigenvalue weighted by Crippen LogP contribution is -1.89. The van der Waals surface area contributed by atoms with Gasteiger partial charge in [-0.2, -0.15) is 0 Å². The standard InChI is InChI=1S/C16H18ClN/c1-4-6-12(5-2)13-7-8-16-14(10-13)15(17)9-11(3)18-16/h5,7-10H,4,6H2,1-3H3/b12-5+. The smallest absolute Gasteiger partial charge is 0.0720 e. The van der Waals surface area contributed by atoms with Crippen LogP contribution in [0.4, 0.5) is 0 Å². The van der Waals surface area contributed by atoms with Crippen molar-refractivity contribution in [2.24, 2.45) is 0 Å². The summed E-state index contributed by atoms with van der Waals surface area (Å²) in [7, 11) is 0. The minimum absolute atomic E-state index is 0.784. The molecule has 2 aromatic rings. The van der Waals surface area contributed by atoms with Gasteiger partial charge in [0.2, 0.25) is 0 Å². The number of benzene rings is 1. The number of aromatic nitrogens is 1. The van der Waals surface area contributed by atoms with E-state index in [0.717, 1.165) is 34.5 Å². The molecule has 2 heteroatoms. The zero-order valence-electron chi connectivity index (χ0n) is 11.1. The maximum Gasteiger partial charge on any atom is 0.0720 e. The molecule has 0 saturated heterocycles. The van der Waals surface area contributed by atoms with Crippen LogP contribution in [-0.2, 0) is 0 Å². The maximum atomic E-state index is 6.30. The van der Waals surface area contributed by atoms with E-state index < -0.39 is 0 Å². The van der Waals surface area contributed by atoms with Crippen LogP contribution in [0, 0.1) is 6.92 Å².